The van der Waals surface area contributed by atoms with E-state index in [1.807, 2.05) is 6.92 Å². The molecule has 6 heteroatoms. The minimum atomic E-state index is -0.551. The summed E-state index contributed by atoms with van der Waals surface area (Å²) in [4.78, 5) is 20.4. The zero-order valence-corrected chi connectivity index (χ0v) is 18.5. The van der Waals surface area contributed by atoms with Gasteiger partial charge in [-0.2, -0.15) is 4.39 Å². The molecule has 0 spiro atoms. The zero-order chi connectivity index (χ0) is 21.0. The first-order valence-corrected chi connectivity index (χ1v) is 11.4. The second-order valence-corrected chi connectivity index (χ2v) is 8.91. The maximum absolute atomic E-state index is 14.5. The summed E-state index contributed by atoms with van der Waals surface area (Å²) in [6, 6.07) is 3.98. The summed E-state index contributed by atoms with van der Waals surface area (Å²) in [7, 11) is 0. The first-order chi connectivity index (χ1) is 13.9. The molecule has 1 aromatic rings. The number of hydrogen-bond donors (Lipinski definition) is 1. The van der Waals surface area contributed by atoms with E-state index < -0.39 is 5.95 Å². The highest BCUT2D eigenvalue weighted by Gasteiger charge is 2.39. The van der Waals surface area contributed by atoms with Crippen LogP contribution in [0.2, 0.25) is 0 Å². The van der Waals surface area contributed by atoms with Gasteiger partial charge in [0.15, 0.2) is 0 Å². The molecule has 1 amide bonds. The molecule has 0 bridgehead atoms. The molecule has 1 aliphatic heterocycles. The van der Waals surface area contributed by atoms with Crippen molar-refractivity contribution in [2.75, 3.05) is 37.6 Å². The van der Waals surface area contributed by atoms with E-state index in [9.17, 15) is 9.18 Å². The summed E-state index contributed by atoms with van der Waals surface area (Å²) in [5.41, 5.74) is 1.11. The van der Waals surface area contributed by atoms with E-state index in [4.69, 9.17) is 0 Å². The fraction of sp³-hybridized carbons (Fsp3) is 0.739. The summed E-state index contributed by atoms with van der Waals surface area (Å²) >= 11 is 0. The number of aromatic nitrogens is 1. The molecule has 1 saturated carbocycles. The Morgan fingerprint density at radius 2 is 1.86 bits per heavy atom. The number of nitrogens with one attached hydrogen (secondary N) is 1. The molecule has 2 unspecified atom stereocenters. The van der Waals surface area contributed by atoms with Gasteiger partial charge in [0.2, 0.25) is 5.95 Å². The Morgan fingerprint density at radius 3 is 2.45 bits per heavy atom. The van der Waals surface area contributed by atoms with Crippen molar-refractivity contribution in [3.05, 3.63) is 23.8 Å². The van der Waals surface area contributed by atoms with E-state index in [2.05, 4.69) is 40.9 Å². The Morgan fingerprint density at radius 1 is 1.17 bits per heavy atom. The maximum Gasteiger partial charge on any atom is 0.269 e. The van der Waals surface area contributed by atoms with E-state index in [0.29, 0.717) is 23.7 Å². The van der Waals surface area contributed by atoms with Crippen LogP contribution >= 0.6 is 0 Å². The molecule has 162 valence electrons. The van der Waals surface area contributed by atoms with Crippen LogP contribution in [0.15, 0.2) is 12.1 Å². The van der Waals surface area contributed by atoms with Crippen molar-refractivity contribution in [3.8, 4) is 0 Å². The van der Waals surface area contributed by atoms with Gasteiger partial charge in [-0.15, -0.1) is 0 Å². The van der Waals surface area contributed by atoms with Crippen molar-refractivity contribution >= 4 is 11.6 Å². The molecule has 5 nitrogen and oxygen atoms in total. The summed E-state index contributed by atoms with van der Waals surface area (Å²) < 4.78 is 14.5. The maximum atomic E-state index is 14.5. The number of amides is 1. The highest BCUT2D eigenvalue weighted by molar-refractivity contribution is 5.92. The van der Waals surface area contributed by atoms with Crippen molar-refractivity contribution < 1.29 is 9.18 Å². The molecule has 29 heavy (non-hydrogen) atoms. The fourth-order valence-electron chi connectivity index (χ4n) is 5.12. The molecule has 2 heterocycles. The first kappa shape index (κ1) is 22.0. The minimum absolute atomic E-state index is 0.138. The van der Waals surface area contributed by atoms with Crippen molar-refractivity contribution in [2.24, 2.45) is 11.3 Å². The Kier molecular flexibility index (Phi) is 7.14. The molecule has 2 aliphatic rings. The predicted molar refractivity (Wildman–Crippen MR) is 116 cm³/mol. The van der Waals surface area contributed by atoms with Crippen LogP contribution in [0.1, 0.15) is 70.3 Å². The Labute approximate surface area is 175 Å². The lowest BCUT2D eigenvalue weighted by Crippen LogP contribution is -2.50. The number of hydrogen-bond acceptors (Lipinski definition) is 4. The van der Waals surface area contributed by atoms with Crippen LogP contribution in [0.25, 0.3) is 0 Å². The SMILES string of the molecule is CCNC(=O)c1ccc(N2CCN(C3CCC(C(C)(CC)CC)C3)CC2)c(F)n1. The third-order valence-corrected chi connectivity index (χ3v) is 7.58. The Balaban J connectivity index is 1.57. The number of pyridine rings is 1. The molecule has 3 rings (SSSR count). The second-order valence-electron chi connectivity index (χ2n) is 8.91. The van der Waals surface area contributed by atoms with Crippen molar-refractivity contribution in [1.82, 2.24) is 15.2 Å². The molecule has 1 aliphatic carbocycles. The highest BCUT2D eigenvalue weighted by Crippen LogP contribution is 2.45. The van der Waals surface area contributed by atoms with Gasteiger partial charge in [0.25, 0.3) is 5.91 Å². The number of nitrogens with zero attached hydrogens (tertiary/aromatic N) is 3. The normalized spacial score (nSPS) is 23.4. The molecule has 0 radical (unpaired) electrons. The monoisotopic (exact) mass is 404 g/mol. The number of carbonyl (C=O) groups excluding carboxylic acids is 1. The third kappa shape index (κ3) is 4.73. The van der Waals surface area contributed by atoms with Gasteiger partial charge in [0, 0.05) is 38.8 Å². The first-order valence-electron chi connectivity index (χ1n) is 11.4. The molecule has 2 fully saturated rings. The van der Waals surface area contributed by atoms with Gasteiger partial charge >= 0.3 is 0 Å². The number of carbonyl (C=O) groups is 1. The van der Waals surface area contributed by atoms with Crippen LogP contribution in [-0.4, -0.2) is 54.6 Å². The highest BCUT2D eigenvalue weighted by atomic mass is 19.1. The lowest BCUT2D eigenvalue weighted by molar-refractivity contribution is 0.0949. The molecule has 1 saturated heterocycles. The van der Waals surface area contributed by atoms with E-state index >= 15 is 0 Å². The molecule has 0 aromatic carbocycles. The fourth-order valence-corrected chi connectivity index (χ4v) is 5.12. The van der Waals surface area contributed by atoms with E-state index in [1.165, 1.54) is 32.1 Å². The van der Waals surface area contributed by atoms with Crippen LogP contribution in [0.4, 0.5) is 10.1 Å². The van der Waals surface area contributed by atoms with Gasteiger partial charge in [-0.05, 0) is 49.7 Å². The quantitative estimate of drug-likeness (QED) is 0.696. The summed E-state index contributed by atoms with van der Waals surface area (Å²) in [6.45, 7) is 13.0. The number of rotatable bonds is 7. The van der Waals surface area contributed by atoms with Gasteiger partial charge in [-0.3, -0.25) is 9.69 Å². The van der Waals surface area contributed by atoms with Crippen LogP contribution in [-0.2, 0) is 0 Å². The van der Waals surface area contributed by atoms with E-state index in [-0.39, 0.29) is 11.6 Å². The van der Waals surface area contributed by atoms with Gasteiger partial charge in [-0.1, -0.05) is 33.6 Å². The van der Waals surface area contributed by atoms with E-state index in [1.54, 1.807) is 12.1 Å². The van der Waals surface area contributed by atoms with Crippen LogP contribution in [0.5, 0.6) is 0 Å². The number of anilines is 1. The predicted octanol–water partition coefficient (Wildman–Crippen LogP) is 4.09. The minimum Gasteiger partial charge on any atom is -0.365 e. The number of piperazine rings is 1. The van der Waals surface area contributed by atoms with E-state index in [0.717, 1.165) is 32.1 Å². The molecular formula is C23H37FN4O. The Hall–Kier alpha value is -1.69. The largest absolute Gasteiger partial charge is 0.365 e. The molecule has 2 atom stereocenters. The van der Waals surface area contributed by atoms with Crippen LogP contribution < -0.4 is 10.2 Å². The lowest BCUT2D eigenvalue weighted by Gasteiger charge is -2.40. The Bertz CT molecular complexity index is 698. The number of halogens is 1. The van der Waals surface area contributed by atoms with Crippen molar-refractivity contribution in [2.45, 2.75) is 65.8 Å². The standard InChI is InChI=1S/C23H37FN4O/c1-5-23(4,6-2)17-8-9-18(16-17)27-12-14-28(15-13-27)20-11-10-19(26-21(20)24)22(29)25-7-3/h10-11,17-18H,5-9,12-16H2,1-4H3,(H,25,29). The van der Waals surface area contributed by atoms with Crippen molar-refractivity contribution in [1.29, 1.82) is 0 Å². The van der Waals surface area contributed by atoms with Gasteiger partial charge in [0.1, 0.15) is 5.69 Å². The van der Waals surface area contributed by atoms with Gasteiger partial charge in [-0.25, -0.2) is 4.98 Å². The average molecular weight is 405 g/mol. The van der Waals surface area contributed by atoms with Gasteiger partial charge < -0.3 is 10.2 Å². The summed E-state index contributed by atoms with van der Waals surface area (Å²) in [5, 5.41) is 2.66. The summed E-state index contributed by atoms with van der Waals surface area (Å²) in [6.07, 6.45) is 6.44. The van der Waals surface area contributed by atoms with Crippen molar-refractivity contribution in [3.63, 3.8) is 0 Å². The topological polar surface area (TPSA) is 48.5 Å². The third-order valence-electron chi connectivity index (χ3n) is 7.58. The van der Waals surface area contributed by atoms with Crippen LogP contribution in [0, 0.1) is 17.3 Å². The lowest BCUT2D eigenvalue weighted by atomic mass is 9.72. The van der Waals surface area contributed by atoms with Gasteiger partial charge in [0.05, 0.1) is 5.69 Å². The van der Waals surface area contributed by atoms with Crippen LogP contribution in [0.3, 0.4) is 0 Å². The molecule has 1 aromatic heterocycles. The second kappa shape index (κ2) is 9.41. The molecular weight excluding hydrogens is 367 g/mol. The smallest absolute Gasteiger partial charge is 0.269 e. The summed E-state index contributed by atoms with van der Waals surface area (Å²) in [5.74, 6) is -0.0570. The molecule has 1 N–H and O–H groups in total. The average Bonchev–Trinajstić information content (AvgIpc) is 3.24. The zero-order valence-electron chi connectivity index (χ0n) is 18.5.